The molecule has 1 heterocycles. The van der Waals surface area contributed by atoms with E-state index in [9.17, 15) is 4.79 Å². The maximum absolute atomic E-state index is 12.1. The van der Waals surface area contributed by atoms with Crippen molar-refractivity contribution >= 4 is 22.7 Å². The topological polar surface area (TPSA) is 36.1 Å². The number of rotatable bonds is 4. The molecule has 0 atom stereocenters. The van der Waals surface area contributed by atoms with Crippen LogP contribution in [0.4, 0.5) is 0 Å². The lowest BCUT2D eigenvalue weighted by molar-refractivity contribution is 0.265. The number of hydrogen-bond donors (Lipinski definition) is 1. The number of aromatic nitrogens is 1. The molecule has 4 heteroatoms. The van der Waals surface area contributed by atoms with Gasteiger partial charge in [-0.2, -0.15) is 0 Å². The molecule has 0 bridgehead atoms. The van der Waals surface area contributed by atoms with Crippen LogP contribution in [-0.4, -0.2) is 29.2 Å². The molecule has 1 aromatic carbocycles. The molecule has 1 N–H and O–H groups in total. The van der Waals surface area contributed by atoms with E-state index in [1.54, 1.807) is 11.8 Å². The van der Waals surface area contributed by atoms with Crippen molar-refractivity contribution in [3.63, 3.8) is 0 Å². The Morgan fingerprint density at radius 1 is 1.32 bits per heavy atom. The Labute approximate surface area is 118 Å². The quantitative estimate of drug-likeness (QED) is 0.872. The van der Waals surface area contributed by atoms with Gasteiger partial charge in [-0.25, -0.2) is 0 Å². The van der Waals surface area contributed by atoms with Crippen molar-refractivity contribution in [2.75, 3.05) is 13.3 Å². The van der Waals surface area contributed by atoms with E-state index in [1.165, 1.54) is 0 Å². The largest absolute Gasteiger partial charge is 0.322 e. The molecule has 19 heavy (non-hydrogen) atoms. The third kappa shape index (κ3) is 3.19. The van der Waals surface area contributed by atoms with Crippen LogP contribution < -0.4 is 5.56 Å². The highest BCUT2D eigenvalue weighted by Gasteiger charge is 2.09. The fourth-order valence-corrected chi connectivity index (χ4v) is 2.36. The van der Waals surface area contributed by atoms with Crippen molar-refractivity contribution < 1.29 is 0 Å². The summed E-state index contributed by atoms with van der Waals surface area (Å²) >= 11 is 1.68. The lowest BCUT2D eigenvalue weighted by atomic mass is 10.1. The summed E-state index contributed by atoms with van der Waals surface area (Å²) < 4.78 is 0. The van der Waals surface area contributed by atoms with Gasteiger partial charge in [0.1, 0.15) is 0 Å². The predicted molar refractivity (Wildman–Crippen MR) is 83.0 cm³/mol. The molecule has 0 fully saturated rings. The average molecular weight is 276 g/mol. The lowest BCUT2D eigenvalue weighted by Crippen LogP contribution is -2.28. The van der Waals surface area contributed by atoms with E-state index >= 15 is 0 Å². The number of benzene rings is 1. The minimum atomic E-state index is 0.0123. The molecule has 2 aromatic rings. The molecule has 0 spiro atoms. The Kier molecular flexibility index (Phi) is 4.32. The molecule has 0 saturated heterocycles. The first kappa shape index (κ1) is 14.2. The van der Waals surface area contributed by atoms with Gasteiger partial charge in [-0.05, 0) is 50.7 Å². The molecule has 2 rings (SSSR count). The summed E-state index contributed by atoms with van der Waals surface area (Å²) in [5.74, 6) is 0. The number of nitrogens with zero attached hydrogens (tertiary/aromatic N) is 1. The van der Waals surface area contributed by atoms with Crippen molar-refractivity contribution in [1.29, 1.82) is 0 Å². The third-order valence-electron chi connectivity index (χ3n) is 3.43. The second-order valence-electron chi connectivity index (χ2n) is 5.09. The van der Waals surface area contributed by atoms with Gasteiger partial charge in [0.2, 0.25) is 0 Å². The van der Waals surface area contributed by atoms with Gasteiger partial charge in [0.05, 0.1) is 0 Å². The Bertz CT molecular complexity index is 634. The Balaban J connectivity index is 2.42. The summed E-state index contributed by atoms with van der Waals surface area (Å²) in [6.07, 6.45) is 2.03. The summed E-state index contributed by atoms with van der Waals surface area (Å²) in [6.45, 7) is 4.92. The minimum absolute atomic E-state index is 0.0123. The molecule has 0 saturated carbocycles. The number of pyridine rings is 1. The lowest BCUT2D eigenvalue weighted by Gasteiger charge is -2.20. The fraction of sp³-hybridized carbons (Fsp3) is 0.400. The fourth-order valence-electron chi connectivity index (χ4n) is 1.92. The normalized spacial score (nSPS) is 11.7. The number of nitrogens with one attached hydrogen (secondary N) is 1. The van der Waals surface area contributed by atoms with Crippen LogP contribution in [0.25, 0.3) is 10.9 Å². The summed E-state index contributed by atoms with van der Waals surface area (Å²) in [5.41, 5.74) is 1.74. The number of hydrogen-bond acceptors (Lipinski definition) is 3. The average Bonchev–Trinajstić information content (AvgIpc) is 2.38. The summed E-state index contributed by atoms with van der Waals surface area (Å²) in [4.78, 5) is 18.4. The van der Waals surface area contributed by atoms with Gasteiger partial charge < -0.3 is 4.98 Å². The van der Waals surface area contributed by atoms with E-state index in [-0.39, 0.29) is 5.56 Å². The van der Waals surface area contributed by atoms with Gasteiger partial charge in [-0.1, -0.05) is 6.07 Å². The van der Waals surface area contributed by atoms with Crippen molar-refractivity contribution in [1.82, 2.24) is 9.88 Å². The molecule has 0 aliphatic rings. The van der Waals surface area contributed by atoms with Gasteiger partial charge in [0.25, 0.3) is 5.56 Å². The molecule has 1 aromatic heterocycles. The first-order valence-corrected chi connectivity index (χ1v) is 7.64. The van der Waals surface area contributed by atoms with E-state index < -0.39 is 0 Å². The summed E-state index contributed by atoms with van der Waals surface area (Å²) in [5, 5.41) is 1.09. The molecule has 0 amide bonds. The second-order valence-corrected chi connectivity index (χ2v) is 5.97. The maximum Gasteiger partial charge on any atom is 0.252 e. The van der Waals surface area contributed by atoms with E-state index in [0.717, 1.165) is 21.4 Å². The van der Waals surface area contributed by atoms with Crippen molar-refractivity contribution in [3.8, 4) is 0 Å². The number of fused-ring (bicyclic) bond motifs is 1. The van der Waals surface area contributed by atoms with E-state index in [1.807, 2.05) is 25.4 Å². The zero-order valence-electron chi connectivity index (χ0n) is 11.9. The van der Waals surface area contributed by atoms with E-state index in [4.69, 9.17) is 0 Å². The van der Waals surface area contributed by atoms with E-state index in [0.29, 0.717) is 12.6 Å². The van der Waals surface area contributed by atoms with Gasteiger partial charge >= 0.3 is 0 Å². The van der Waals surface area contributed by atoms with Gasteiger partial charge in [-0.3, -0.25) is 9.69 Å². The van der Waals surface area contributed by atoms with E-state index in [2.05, 4.69) is 35.9 Å². The SMILES string of the molecule is CSc1ccc2cc(CN(C)C(C)C)c(=O)[nH]c2c1. The zero-order valence-corrected chi connectivity index (χ0v) is 12.7. The highest BCUT2D eigenvalue weighted by molar-refractivity contribution is 7.98. The molecule has 102 valence electrons. The molecule has 0 aliphatic carbocycles. The second kappa shape index (κ2) is 5.80. The number of thioether (sulfide) groups is 1. The van der Waals surface area contributed by atoms with Crippen LogP contribution in [0.1, 0.15) is 19.4 Å². The van der Waals surface area contributed by atoms with Gasteiger partial charge in [-0.15, -0.1) is 11.8 Å². The monoisotopic (exact) mass is 276 g/mol. The van der Waals surface area contributed by atoms with Crippen LogP contribution in [0, 0.1) is 0 Å². The van der Waals surface area contributed by atoms with Crippen LogP contribution in [0.2, 0.25) is 0 Å². The van der Waals surface area contributed by atoms with Crippen LogP contribution in [0.3, 0.4) is 0 Å². The first-order chi connectivity index (χ1) is 9.01. The molecular formula is C15H20N2OS. The smallest absolute Gasteiger partial charge is 0.252 e. The van der Waals surface area contributed by atoms with Gasteiger partial charge in [0.15, 0.2) is 0 Å². The van der Waals surface area contributed by atoms with Crippen LogP contribution in [0.15, 0.2) is 34.0 Å². The summed E-state index contributed by atoms with van der Waals surface area (Å²) in [7, 11) is 2.03. The molecular weight excluding hydrogens is 256 g/mol. The van der Waals surface area contributed by atoms with Crippen LogP contribution in [0.5, 0.6) is 0 Å². The zero-order chi connectivity index (χ0) is 14.0. The summed E-state index contributed by atoms with van der Waals surface area (Å²) in [6, 6.07) is 8.60. The van der Waals surface area contributed by atoms with Crippen molar-refractivity contribution in [2.24, 2.45) is 0 Å². The highest BCUT2D eigenvalue weighted by atomic mass is 32.2. The highest BCUT2D eigenvalue weighted by Crippen LogP contribution is 2.20. The van der Waals surface area contributed by atoms with Crippen LogP contribution in [-0.2, 0) is 6.54 Å². The molecule has 3 nitrogen and oxygen atoms in total. The number of H-pyrrole nitrogens is 1. The maximum atomic E-state index is 12.1. The Morgan fingerprint density at radius 2 is 2.05 bits per heavy atom. The van der Waals surface area contributed by atoms with Crippen LogP contribution >= 0.6 is 11.8 Å². The van der Waals surface area contributed by atoms with Gasteiger partial charge in [0, 0.05) is 28.6 Å². The predicted octanol–water partition coefficient (Wildman–Crippen LogP) is 3.09. The minimum Gasteiger partial charge on any atom is -0.322 e. The van der Waals surface area contributed by atoms with Crippen molar-refractivity contribution in [2.45, 2.75) is 31.3 Å². The van der Waals surface area contributed by atoms with Crippen molar-refractivity contribution in [3.05, 3.63) is 40.2 Å². The Morgan fingerprint density at radius 3 is 2.68 bits per heavy atom. The Hall–Kier alpha value is -1.26. The third-order valence-corrected chi connectivity index (χ3v) is 4.16. The molecule has 0 aliphatic heterocycles. The first-order valence-electron chi connectivity index (χ1n) is 6.41. The standard InChI is InChI=1S/C15H20N2OS/c1-10(2)17(3)9-12-7-11-5-6-13(19-4)8-14(11)16-15(12)18/h5-8,10H,9H2,1-4H3,(H,16,18). The molecule has 0 radical (unpaired) electrons. The molecule has 0 unspecified atom stereocenters. The number of aromatic amines is 1.